The molecule has 0 unspecified atom stereocenters. The molecule has 0 N–H and O–H groups in total. The maximum absolute atomic E-state index is 9.50. The topological polar surface area (TPSA) is 0 Å². The first-order chi connectivity index (χ1) is 4.00. The van der Waals surface area contributed by atoms with Crippen LogP contribution in [0, 0.1) is 0 Å². The molecule has 0 radical (unpaired) electrons. The van der Waals surface area contributed by atoms with Gasteiger partial charge in [-0.15, -0.1) is 0 Å². The molecule has 0 fully saturated rings. The molecule has 8 heavy (non-hydrogen) atoms. The molecule has 0 atom stereocenters. The van der Waals surface area contributed by atoms with E-state index in [1.807, 2.05) is 36.4 Å². The average Bonchev–Trinajstić information content (AvgIpc) is 1.96. The molecule has 1 rings (SSSR count). The van der Waals surface area contributed by atoms with E-state index in [1.54, 1.807) is 0 Å². The zero-order valence-electron chi connectivity index (χ0n) is 4.84. The molecule has 0 aromatic heterocycles. The minimum atomic E-state index is 0.500. The lowest BCUT2D eigenvalue weighted by atomic mass is 10.4. The predicted octanol–water partition coefficient (Wildman–Crippen LogP) is 2.27. The van der Waals surface area contributed by atoms with Crippen molar-refractivity contribution >= 4 is 0 Å². The van der Waals surface area contributed by atoms with Crippen molar-refractivity contribution in [3.63, 3.8) is 0 Å². The molecule has 44 valence electrons. The molecule has 0 spiro atoms. The highest BCUT2D eigenvalue weighted by Gasteiger charge is 1.57. The second-order valence-electron chi connectivity index (χ2n) is 1.15. The molecule has 0 aliphatic heterocycles. The van der Waals surface area contributed by atoms with Gasteiger partial charge in [-0.1, -0.05) is 36.4 Å². The second kappa shape index (κ2) is 6.15. The molecular weight excluding hydrogens is 103 g/mol. The highest BCUT2D eigenvalue weighted by molar-refractivity contribution is 4.99. The fourth-order valence-electron chi connectivity index (χ4n) is 0.385. The summed E-state index contributed by atoms with van der Waals surface area (Å²) in [5, 5.41) is 0. The Labute approximate surface area is 49.0 Å². The van der Waals surface area contributed by atoms with E-state index in [0.29, 0.717) is 7.18 Å². The number of hydrogen-bond acceptors (Lipinski definition) is 0. The van der Waals surface area contributed by atoms with Gasteiger partial charge in [-0.05, 0) is 0 Å². The summed E-state index contributed by atoms with van der Waals surface area (Å²) in [7, 11) is 0.500. The molecule has 1 heteroatoms. The standard InChI is InChI=1S/C6H6.CH3F/c1-2-4-6-5-3-1;1-2/h1-6H;1H3. The lowest BCUT2D eigenvalue weighted by molar-refractivity contribution is 0.636. The first-order valence-electron chi connectivity index (χ1n) is 2.38. The van der Waals surface area contributed by atoms with Gasteiger partial charge in [-0.2, -0.15) is 0 Å². The normalized spacial score (nSPS) is 6.75. The molecular formula is C7H9F. The molecule has 0 aliphatic carbocycles. The average molecular weight is 112 g/mol. The number of hydrogen-bond donors (Lipinski definition) is 0. The van der Waals surface area contributed by atoms with E-state index in [0.717, 1.165) is 0 Å². The molecule has 0 amide bonds. The number of halogens is 1. The monoisotopic (exact) mass is 112 g/mol. The summed E-state index contributed by atoms with van der Waals surface area (Å²) >= 11 is 0. The van der Waals surface area contributed by atoms with Crippen LogP contribution in [0.1, 0.15) is 0 Å². The first kappa shape index (κ1) is 7.15. The van der Waals surface area contributed by atoms with Gasteiger partial charge >= 0.3 is 0 Å². The van der Waals surface area contributed by atoms with Crippen LogP contribution in [0.3, 0.4) is 0 Å². The fourth-order valence-corrected chi connectivity index (χ4v) is 0.385. The van der Waals surface area contributed by atoms with Crippen LogP contribution in [0.15, 0.2) is 36.4 Å². The highest BCUT2D eigenvalue weighted by Crippen LogP contribution is 1.79. The van der Waals surface area contributed by atoms with Gasteiger partial charge in [0.15, 0.2) is 0 Å². The summed E-state index contributed by atoms with van der Waals surface area (Å²) in [5.41, 5.74) is 0. The largest absolute Gasteiger partial charge is 0.255 e. The van der Waals surface area contributed by atoms with Crippen molar-refractivity contribution in [1.82, 2.24) is 0 Å². The third-order valence-electron chi connectivity index (χ3n) is 0.667. The van der Waals surface area contributed by atoms with E-state index >= 15 is 0 Å². The second-order valence-corrected chi connectivity index (χ2v) is 1.15. The Morgan fingerprint density at radius 2 is 0.750 bits per heavy atom. The van der Waals surface area contributed by atoms with Crippen LogP contribution >= 0.6 is 0 Å². The molecule has 1 aromatic carbocycles. The van der Waals surface area contributed by atoms with Crippen LogP contribution in [0.5, 0.6) is 0 Å². The van der Waals surface area contributed by atoms with Gasteiger partial charge in [0, 0.05) is 0 Å². The number of benzene rings is 1. The van der Waals surface area contributed by atoms with Crippen LogP contribution in [0.25, 0.3) is 0 Å². The van der Waals surface area contributed by atoms with Crippen LogP contribution in [-0.2, 0) is 0 Å². The lowest BCUT2D eigenvalue weighted by Gasteiger charge is -1.69. The van der Waals surface area contributed by atoms with Gasteiger partial charge in [-0.25, -0.2) is 0 Å². The minimum Gasteiger partial charge on any atom is -0.255 e. The van der Waals surface area contributed by atoms with Crippen molar-refractivity contribution in [1.29, 1.82) is 0 Å². The molecule has 0 saturated carbocycles. The molecule has 0 bridgehead atoms. The smallest absolute Gasteiger partial charge is 0.0785 e. The van der Waals surface area contributed by atoms with E-state index in [4.69, 9.17) is 0 Å². The van der Waals surface area contributed by atoms with Gasteiger partial charge in [0.25, 0.3) is 0 Å². The summed E-state index contributed by atoms with van der Waals surface area (Å²) in [6.45, 7) is 0. The van der Waals surface area contributed by atoms with Crippen molar-refractivity contribution in [2.45, 2.75) is 0 Å². The zero-order valence-corrected chi connectivity index (χ0v) is 4.84. The SMILES string of the molecule is CF.c1ccccc1. The third-order valence-corrected chi connectivity index (χ3v) is 0.667. The van der Waals surface area contributed by atoms with E-state index in [1.165, 1.54) is 0 Å². The van der Waals surface area contributed by atoms with Gasteiger partial charge in [0.2, 0.25) is 0 Å². The third kappa shape index (κ3) is 3.34. The highest BCUT2D eigenvalue weighted by atomic mass is 19.1. The van der Waals surface area contributed by atoms with E-state index < -0.39 is 0 Å². The minimum absolute atomic E-state index is 0.500. The Morgan fingerprint density at radius 3 is 0.875 bits per heavy atom. The van der Waals surface area contributed by atoms with Gasteiger partial charge in [-0.3, -0.25) is 4.39 Å². The quantitative estimate of drug-likeness (QED) is 0.483. The maximum Gasteiger partial charge on any atom is 0.0785 e. The van der Waals surface area contributed by atoms with Crippen molar-refractivity contribution in [2.24, 2.45) is 0 Å². The van der Waals surface area contributed by atoms with Crippen LogP contribution < -0.4 is 0 Å². The van der Waals surface area contributed by atoms with E-state index in [9.17, 15) is 4.39 Å². The summed E-state index contributed by atoms with van der Waals surface area (Å²) in [6, 6.07) is 12.0. The van der Waals surface area contributed by atoms with Crippen LogP contribution in [-0.4, -0.2) is 7.18 Å². The van der Waals surface area contributed by atoms with Gasteiger partial charge in [0.1, 0.15) is 0 Å². The number of alkyl halides is 1. The summed E-state index contributed by atoms with van der Waals surface area (Å²) in [4.78, 5) is 0. The molecule has 0 aliphatic rings. The first-order valence-corrected chi connectivity index (χ1v) is 2.38. The van der Waals surface area contributed by atoms with Crippen molar-refractivity contribution in [2.75, 3.05) is 7.18 Å². The van der Waals surface area contributed by atoms with Gasteiger partial charge < -0.3 is 0 Å². The molecule has 0 saturated heterocycles. The van der Waals surface area contributed by atoms with E-state index in [2.05, 4.69) is 0 Å². The Balaban J connectivity index is 0.000000222. The Morgan fingerprint density at radius 1 is 0.625 bits per heavy atom. The van der Waals surface area contributed by atoms with Gasteiger partial charge in [0.05, 0.1) is 7.18 Å². The van der Waals surface area contributed by atoms with Crippen molar-refractivity contribution in [3.8, 4) is 0 Å². The Bertz CT molecular complexity index is 76.3. The predicted molar refractivity (Wildman–Crippen MR) is 33.5 cm³/mol. The van der Waals surface area contributed by atoms with Crippen LogP contribution in [0.2, 0.25) is 0 Å². The summed E-state index contributed by atoms with van der Waals surface area (Å²) in [5.74, 6) is 0. The van der Waals surface area contributed by atoms with Crippen molar-refractivity contribution < 1.29 is 4.39 Å². The van der Waals surface area contributed by atoms with Crippen molar-refractivity contribution in [3.05, 3.63) is 36.4 Å². The zero-order chi connectivity index (χ0) is 6.24. The fraction of sp³-hybridized carbons (Fsp3) is 0.143. The Kier molecular flexibility index (Phi) is 5.50. The summed E-state index contributed by atoms with van der Waals surface area (Å²) < 4.78 is 9.50. The molecule has 0 nitrogen and oxygen atoms in total. The Hall–Kier alpha value is -0.850. The summed E-state index contributed by atoms with van der Waals surface area (Å²) in [6.07, 6.45) is 0. The maximum atomic E-state index is 9.50. The lowest BCUT2D eigenvalue weighted by Crippen LogP contribution is -1.47. The molecule has 0 heterocycles. The molecule has 1 aromatic rings. The van der Waals surface area contributed by atoms with Crippen LogP contribution in [0.4, 0.5) is 4.39 Å². The number of rotatable bonds is 0. The van der Waals surface area contributed by atoms with E-state index in [-0.39, 0.29) is 0 Å².